The zero-order valence-corrected chi connectivity index (χ0v) is 23.4. The highest BCUT2D eigenvalue weighted by Crippen LogP contribution is 2.59. The Morgan fingerprint density at radius 2 is 1.41 bits per heavy atom. The number of nitrogens with zero attached hydrogens (tertiary/aromatic N) is 6. The van der Waals surface area contributed by atoms with Gasteiger partial charge in [-0.05, 0) is 49.7 Å². The monoisotopic (exact) mass is 550 g/mol. The summed E-state index contributed by atoms with van der Waals surface area (Å²) in [6.07, 6.45) is 0. The maximum absolute atomic E-state index is 11.1. The molecule has 0 amide bonds. The minimum absolute atomic E-state index is 0.346. The van der Waals surface area contributed by atoms with Crippen molar-refractivity contribution in [3.8, 4) is 12.1 Å². The van der Waals surface area contributed by atoms with E-state index in [-0.39, 0.29) is 0 Å². The standard InChI is InChI=1S/C31H27ClN6S/c1-21-7-11-23(12-8-21)36-17-30(15-33)27(25-5-3-4-6-26(25)32)31(16-34,18-36)29(39)38-20-37(19-35-28(30)38)24-13-9-22(2)10-14-24/h3-14,27H,17-20H2,1-2H3. The first-order chi connectivity index (χ1) is 18.8. The molecule has 3 aromatic carbocycles. The van der Waals surface area contributed by atoms with E-state index in [9.17, 15) is 10.5 Å². The molecule has 6 rings (SSSR count). The van der Waals surface area contributed by atoms with Crippen molar-refractivity contribution in [3.63, 3.8) is 0 Å². The number of aliphatic imine (C=N–C) groups is 1. The lowest BCUT2D eigenvalue weighted by Gasteiger charge is -2.61. The Bertz CT molecular complexity index is 1570. The number of rotatable bonds is 3. The molecular formula is C31H27ClN6S. The fourth-order valence-electron chi connectivity index (χ4n) is 6.35. The molecule has 0 saturated carbocycles. The van der Waals surface area contributed by atoms with Crippen LogP contribution < -0.4 is 9.80 Å². The molecule has 39 heavy (non-hydrogen) atoms. The van der Waals surface area contributed by atoms with Crippen LogP contribution in [0, 0.1) is 47.3 Å². The van der Waals surface area contributed by atoms with Crippen LogP contribution in [0.2, 0.25) is 5.02 Å². The first-order valence-corrected chi connectivity index (χ1v) is 13.7. The number of hydrogen-bond acceptors (Lipinski definition) is 6. The van der Waals surface area contributed by atoms with Crippen molar-refractivity contribution in [2.45, 2.75) is 19.8 Å². The van der Waals surface area contributed by atoms with E-state index >= 15 is 0 Å². The van der Waals surface area contributed by atoms with E-state index in [1.807, 2.05) is 60.4 Å². The zero-order valence-electron chi connectivity index (χ0n) is 21.8. The molecule has 3 atom stereocenters. The van der Waals surface area contributed by atoms with E-state index in [1.54, 1.807) is 0 Å². The average Bonchev–Trinajstić information content (AvgIpc) is 2.96. The molecule has 194 valence electrons. The van der Waals surface area contributed by atoms with Gasteiger partial charge in [0.05, 0.1) is 18.8 Å². The third-order valence-corrected chi connectivity index (χ3v) is 9.19. The van der Waals surface area contributed by atoms with Crippen LogP contribution >= 0.6 is 23.8 Å². The van der Waals surface area contributed by atoms with Gasteiger partial charge >= 0.3 is 0 Å². The first kappa shape index (κ1) is 25.4. The number of aryl methyl sites for hydroxylation is 2. The molecule has 3 aliphatic rings. The number of halogens is 1. The maximum Gasteiger partial charge on any atom is 0.141 e. The highest BCUT2D eigenvalue weighted by molar-refractivity contribution is 7.80. The maximum atomic E-state index is 11.1. The second-order valence-electron chi connectivity index (χ2n) is 10.7. The molecule has 0 spiro atoms. The molecule has 6 nitrogen and oxygen atoms in total. The second kappa shape index (κ2) is 9.38. The number of hydrogen-bond donors (Lipinski definition) is 0. The minimum atomic E-state index is -1.19. The van der Waals surface area contributed by atoms with Crippen LogP contribution in [0.4, 0.5) is 11.4 Å². The van der Waals surface area contributed by atoms with E-state index in [1.165, 1.54) is 5.56 Å². The number of fused-ring (bicyclic) bond motifs is 4. The van der Waals surface area contributed by atoms with E-state index in [4.69, 9.17) is 28.8 Å². The van der Waals surface area contributed by atoms with Gasteiger partial charge < -0.3 is 14.7 Å². The van der Waals surface area contributed by atoms with Gasteiger partial charge in [-0.1, -0.05) is 77.4 Å². The summed E-state index contributed by atoms with van der Waals surface area (Å²) in [5, 5.41) is 22.6. The highest BCUT2D eigenvalue weighted by atomic mass is 35.5. The van der Waals surface area contributed by atoms with E-state index in [2.05, 4.69) is 53.1 Å². The largest absolute Gasteiger partial charge is 0.367 e. The lowest BCUT2D eigenvalue weighted by molar-refractivity contribution is 0.206. The predicted molar refractivity (Wildman–Crippen MR) is 159 cm³/mol. The van der Waals surface area contributed by atoms with E-state index in [0.29, 0.717) is 42.3 Å². The number of benzene rings is 3. The van der Waals surface area contributed by atoms with Crippen molar-refractivity contribution in [2.24, 2.45) is 15.8 Å². The van der Waals surface area contributed by atoms with Crippen LogP contribution in [0.1, 0.15) is 22.6 Å². The summed E-state index contributed by atoms with van der Waals surface area (Å²) in [5.41, 5.74) is 2.71. The molecular weight excluding hydrogens is 524 g/mol. The summed E-state index contributed by atoms with van der Waals surface area (Å²) in [6.45, 7) is 5.62. The summed E-state index contributed by atoms with van der Waals surface area (Å²) < 4.78 is 0. The van der Waals surface area contributed by atoms with Crippen LogP contribution in [0.25, 0.3) is 0 Å². The Morgan fingerprint density at radius 1 is 0.846 bits per heavy atom. The van der Waals surface area contributed by atoms with Crippen molar-refractivity contribution < 1.29 is 0 Å². The minimum Gasteiger partial charge on any atom is -0.367 e. The van der Waals surface area contributed by atoms with Crippen molar-refractivity contribution >= 4 is 46.0 Å². The number of piperidine rings is 2. The Labute approximate surface area is 239 Å². The van der Waals surface area contributed by atoms with Gasteiger partial charge in [0.2, 0.25) is 0 Å². The quantitative estimate of drug-likeness (QED) is 0.369. The van der Waals surface area contributed by atoms with Crippen LogP contribution in [0.5, 0.6) is 0 Å². The molecule has 0 N–H and O–H groups in total. The number of nitriles is 2. The Kier molecular flexibility index (Phi) is 6.10. The van der Waals surface area contributed by atoms with Crippen LogP contribution in [-0.4, -0.2) is 42.2 Å². The normalized spacial score (nSPS) is 25.9. The molecule has 2 bridgehead atoms. The molecule has 0 radical (unpaired) electrons. The summed E-state index contributed by atoms with van der Waals surface area (Å²) in [5.74, 6) is 0.0507. The fourth-order valence-corrected chi connectivity index (χ4v) is 6.97. The van der Waals surface area contributed by atoms with Crippen molar-refractivity contribution in [2.75, 3.05) is 36.2 Å². The third kappa shape index (κ3) is 3.80. The van der Waals surface area contributed by atoms with Crippen LogP contribution in [-0.2, 0) is 0 Å². The molecule has 2 saturated heterocycles. The van der Waals surface area contributed by atoms with Gasteiger partial charge in [0, 0.05) is 35.4 Å². The van der Waals surface area contributed by atoms with E-state index < -0.39 is 16.7 Å². The van der Waals surface area contributed by atoms with Gasteiger partial charge in [0.25, 0.3) is 0 Å². The van der Waals surface area contributed by atoms with Gasteiger partial charge in [-0.15, -0.1) is 0 Å². The van der Waals surface area contributed by atoms with Crippen molar-refractivity contribution in [3.05, 3.63) is 94.5 Å². The molecule has 0 aliphatic carbocycles. The van der Waals surface area contributed by atoms with Crippen LogP contribution in [0.15, 0.2) is 77.8 Å². The Morgan fingerprint density at radius 3 is 2.00 bits per heavy atom. The molecule has 8 heteroatoms. The summed E-state index contributed by atoms with van der Waals surface area (Å²) in [4.78, 5) is 11.7. The van der Waals surface area contributed by atoms with Crippen molar-refractivity contribution in [1.82, 2.24) is 4.90 Å². The second-order valence-corrected chi connectivity index (χ2v) is 11.5. The summed E-state index contributed by atoms with van der Waals surface area (Å²) in [6, 6.07) is 29.3. The van der Waals surface area contributed by atoms with Crippen LogP contribution in [0.3, 0.4) is 0 Å². The first-order valence-electron chi connectivity index (χ1n) is 12.9. The number of amidine groups is 1. The van der Waals surface area contributed by atoms with Gasteiger partial charge in [0.15, 0.2) is 0 Å². The summed E-state index contributed by atoms with van der Waals surface area (Å²) >= 11 is 13.0. The van der Waals surface area contributed by atoms with Gasteiger partial charge in [-0.2, -0.15) is 10.5 Å². The predicted octanol–water partition coefficient (Wildman–Crippen LogP) is 6.06. The number of anilines is 2. The molecule has 3 heterocycles. The lowest BCUT2D eigenvalue weighted by Crippen LogP contribution is -2.73. The molecule has 2 fully saturated rings. The molecule has 3 aromatic rings. The Hall–Kier alpha value is -3.91. The third-order valence-electron chi connectivity index (χ3n) is 8.26. The number of thiocarbonyl (C=S) groups is 1. The topological polar surface area (TPSA) is 69.7 Å². The summed E-state index contributed by atoms with van der Waals surface area (Å²) in [7, 11) is 0. The zero-order chi connectivity index (χ0) is 27.4. The van der Waals surface area contributed by atoms with Gasteiger partial charge in [-0.25, -0.2) is 4.99 Å². The SMILES string of the molecule is Cc1ccc(N2CN=C3N(C2)C(=S)C2(C#N)CN(c4ccc(C)cc4)CC3(C#N)C2c2ccccc2Cl)cc1. The lowest BCUT2D eigenvalue weighted by atomic mass is 9.53. The van der Waals surface area contributed by atoms with Gasteiger partial charge in [0.1, 0.15) is 28.3 Å². The van der Waals surface area contributed by atoms with Gasteiger partial charge in [-0.3, -0.25) is 0 Å². The van der Waals surface area contributed by atoms with E-state index in [0.717, 1.165) is 22.5 Å². The smallest absolute Gasteiger partial charge is 0.141 e. The molecule has 0 aromatic heterocycles. The van der Waals surface area contributed by atoms with Crippen molar-refractivity contribution in [1.29, 1.82) is 10.5 Å². The highest BCUT2D eigenvalue weighted by Gasteiger charge is 2.68. The molecule has 3 aliphatic heterocycles. The fraction of sp³-hybridized carbons (Fsp3) is 0.290. The molecule has 3 unspecified atom stereocenters. The average molecular weight is 551 g/mol. The Balaban J connectivity index is 1.55.